The summed E-state index contributed by atoms with van der Waals surface area (Å²) in [5, 5.41) is 11.6. The van der Waals surface area contributed by atoms with Gasteiger partial charge in [0.15, 0.2) is 17.3 Å². The van der Waals surface area contributed by atoms with Crippen LogP contribution in [-0.4, -0.2) is 35.3 Å². The molecule has 1 aromatic heterocycles. The lowest BCUT2D eigenvalue weighted by molar-refractivity contribution is 0.355. The third-order valence-electron chi connectivity index (χ3n) is 4.45. The minimum atomic E-state index is 0.373. The lowest BCUT2D eigenvalue weighted by Crippen LogP contribution is -1.97. The van der Waals surface area contributed by atoms with E-state index in [0.717, 1.165) is 16.9 Å². The quantitative estimate of drug-likeness (QED) is 0.317. The van der Waals surface area contributed by atoms with Crippen molar-refractivity contribution in [2.75, 3.05) is 14.2 Å². The van der Waals surface area contributed by atoms with E-state index in [1.165, 1.54) is 0 Å². The molecule has 0 atom stereocenters. The fourth-order valence-corrected chi connectivity index (χ4v) is 3.15. The maximum atomic E-state index is 5.89. The Kier molecular flexibility index (Phi) is 6.09. The van der Waals surface area contributed by atoms with Gasteiger partial charge in [-0.25, -0.2) is 5.10 Å². The highest BCUT2D eigenvalue weighted by Gasteiger charge is 2.12. The molecule has 156 valence electrons. The van der Waals surface area contributed by atoms with Gasteiger partial charge in [0.1, 0.15) is 11.5 Å². The van der Waals surface area contributed by atoms with Crippen molar-refractivity contribution in [3.63, 3.8) is 0 Å². The number of aromatic amines is 1. The van der Waals surface area contributed by atoms with Gasteiger partial charge in [-0.2, -0.15) is 14.9 Å². The third-order valence-corrected chi connectivity index (χ3v) is 4.72. The summed E-state index contributed by atoms with van der Waals surface area (Å²) >= 11 is 5.36. The van der Waals surface area contributed by atoms with Crippen LogP contribution in [0.15, 0.2) is 77.9 Å². The monoisotopic (exact) mass is 432 g/mol. The summed E-state index contributed by atoms with van der Waals surface area (Å²) in [4.78, 5) is 0. The molecule has 0 radical (unpaired) electrons. The lowest BCUT2D eigenvalue weighted by Gasteiger charge is -2.09. The number of nitrogens with zero attached hydrogens (tertiary/aromatic N) is 3. The molecule has 4 aromatic rings. The normalized spacial score (nSPS) is 10.9. The highest BCUT2D eigenvalue weighted by atomic mass is 32.1. The van der Waals surface area contributed by atoms with Crippen molar-refractivity contribution < 1.29 is 14.2 Å². The molecule has 3 aromatic carbocycles. The van der Waals surface area contributed by atoms with Gasteiger partial charge in [-0.3, -0.25) is 0 Å². The molecule has 0 saturated heterocycles. The Labute approximate surface area is 184 Å². The van der Waals surface area contributed by atoms with Gasteiger partial charge in [0.05, 0.1) is 20.4 Å². The highest BCUT2D eigenvalue weighted by molar-refractivity contribution is 7.71. The molecule has 0 aliphatic heterocycles. The standard InChI is InChI=1S/C23H20N4O3S/c1-28-20-12-11-17(14-21(20)29-2)22-25-26-23(31)27(22)24-15-16-7-6-10-19(13-16)30-18-8-4-3-5-9-18/h3-15H,1-2H3,(H,26,31). The van der Waals surface area contributed by atoms with E-state index in [2.05, 4.69) is 15.3 Å². The smallest absolute Gasteiger partial charge is 0.216 e. The van der Waals surface area contributed by atoms with Crippen LogP contribution in [0, 0.1) is 4.77 Å². The maximum absolute atomic E-state index is 5.89. The van der Waals surface area contributed by atoms with Gasteiger partial charge >= 0.3 is 0 Å². The zero-order chi connectivity index (χ0) is 21.6. The van der Waals surface area contributed by atoms with Crippen LogP contribution >= 0.6 is 12.2 Å². The second-order valence-electron chi connectivity index (χ2n) is 6.47. The van der Waals surface area contributed by atoms with Gasteiger partial charge in [0.2, 0.25) is 4.77 Å². The largest absolute Gasteiger partial charge is 0.493 e. The number of ether oxygens (including phenoxy) is 3. The first-order chi connectivity index (χ1) is 15.2. The van der Waals surface area contributed by atoms with E-state index >= 15 is 0 Å². The average Bonchev–Trinajstić information content (AvgIpc) is 3.18. The molecule has 0 aliphatic carbocycles. The molecule has 1 heterocycles. The first-order valence-corrected chi connectivity index (χ1v) is 9.86. The Hall–Kier alpha value is -3.91. The Morgan fingerprint density at radius 3 is 2.45 bits per heavy atom. The second kappa shape index (κ2) is 9.27. The van der Waals surface area contributed by atoms with Gasteiger partial charge in [0, 0.05) is 5.56 Å². The zero-order valence-corrected chi connectivity index (χ0v) is 17.8. The number of para-hydroxylation sites is 1. The van der Waals surface area contributed by atoms with Crippen LogP contribution in [-0.2, 0) is 0 Å². The Morgan fingerprint density at radius 2 is 1.68 bits per heavy atom. The van der Waals surface area contributed by atoms with E-state index in [1.54, 1.807) is 25.1 Å². The van der Waals surface area contributed by atoms with Crippen molar-refractivity contribution in [3.8, 4) is 34.4 Å². The number of rotatable bonds is 7. The molecule has 0 aliphatic rings. The predicted molar refractivity (Wildman–Crippen MR) is 122 cm³/mol. The molecule has 31 heavy (non-hydrogen) atoms. The molecular weight excluding hydrogens is 412 g/mol. The summed E-state index contributed by atoms with van der Waals surface area (Å²) in [6.07, 6.45) is 1.70. The molecule has 7 nitrogen and oxygen atoms in total. The third kappa shape index (κ3) is 4.65. The molecule has 0 amide bonds. The van der Waals surface area contributed by atoms with Gasteiger partial charge in [0.25, 0.3) is 0 Å². The van der Waals surface area contributed by atoms with E-state index in [4.69, 9.17) is 26.4 Å². The second-order valence-corrected chi connectivity index (χ2v) is 6.85. The number of aromatic nitrogens is 3. The number of hydrogen-bond acceptors (Lipinski definition) is 6. The van der Waals surface area contributed by atoms with E-state index in [-0.39, 0.29) is 0 Å². The van der Waals surface area contributed by atoms with E-state index < -0.39 is 0 Å². The predicted octanol–water partition coefficient (Wildman–Crippen LogP) is 5.30. The molecule has 0 bridgehead atoms. The van der Waals surface area contributed by atoms with Gasteiger partial charge in [-0.15, -0.1) is 0 Å². The summed E-state index contributed by atoms with van der Waals surface area (Å²) in [6.45, 7) is 0. The minimum absolute atomic E-state index is 0.373. The molecule has 1 N–H and O–H groups in total. The van der Waals surface area contributed by atoms with Gasteiger partial charge < -0.3 is 14.2 Å². The molecule has 0 spiro atoms. The summed E-state index contributed by atoms with van der Waals surface area (Å²) in [5.41, 5.74) is 1.64. The van der Waals surface area contributed by atoms with Crippen molar-refractivity contribution in [2.45, 2.75) is 0 Å². The first-order valence-electron chi connectivity index (χ1n) is 9.45. The van der Waals surface area contributed by atoms with Gasteiger partial charge in [-0.1, -0.05) is 30.3 Å². The topological polar surface area (TPSA) is 73.7 Å². The van der Waals surface area contributed by atoms with Crippen LogP contribution < -0.4 is 14.2 Å². The Bertz CT molecular complexity index is 1270. The van der Waals surface area contributed by atoms with Crippen LogP contribution in [0.2, 0.25) is 0 Å². The maximum Gasteiger partial charge on any atom is 0.216 e. The van der Waals surface area contributed by atoms with Crippen molar-refractivity contribution in [1.82, 2.24) is 14.9 Å². The molecular formula is C23H20N4O3S. The van der Waals surface area contributed by atoms with Gasteiger partial charge in [-0.05, 0) is 60.2 Å². The molecule has 4 rings (SSSR count). The number of H-pyrrole nitrogens is 1. The Morgan fingerprint density at radius 1 is 0.903 bits per heavy atom. The highest BCUT2D eigenvalue weighted by Crippen LogP contribution is 2.31. The lowest BCUT2D eigenvalue weighted by atomic mass is 10.2. The fraction of sp³-hybridized carbons (Fsp3) is 0.0870. The van der Waals surface area contributed by atoms with Crippen LogP contribution in [0.3, 0.4) is 0 Å². The van der Waals surface area contributed by atoms with Crippen LogP contribution in [0.1, 0.15) is 5.56 Å². The van der Waals surface area contributed by atoms with E-state index in [1.807, 2.05) is 72.8 Å². The molecule has 0 unspecified atom stereocenters. The molecule has 8 heteroatoms. The fourth-order valence-electron chi connectivity index (χ4n) is 2.97. The molecule has 0 saturated carbocycles. The average molecular weight is 433 g/mol. The zero-order valence-electron chi connectivity index (χ0n) is 17.0. The van der Waals surface area contributed by atoms with Crippen LogP contribution in [0.25, 0.3) is 11.4 Å². The van der Waals surface area contributed by atoms with Crippen LogP contribution in [0.4, 0.5) is 0 Å². The summed E-state index contributed by atoms with van der Waals surface area (Å²) in [5.74, 6) is 3.26. The first kappa shape index (κ1) is 20.4. The minimum Gasteiger partial charge on any atom is -0.493 e. The number of hydrogen-bond donors (Lipinski definition) is 1. The summed E-state index contributed by atoms with van der Waals surface area (Å²) in [7, 11) is 3.18. The number of methoxy groups -OCH3 is 2. The Balaban J connectivity index is 1.62. The SMILES string of the molecule is COc1ccc(-c2n[nH]c(=S)n2N=Cc2cccc(Oc3ccccc3)c2)cc1OC. The van der Waals surface area contributed by atoms with Crippen LogP contribution in [0.5, 0.6) is 23.0 Å². The van der Waals surface area contributed by atoms with Crippen molar-refractivity contribution in [2.24, 2.45) is 5.10 Å². The number of nitrogens with one attached hydrogen (secondary N) is 1. The molecule has 0 fully saturated rings. The summed E-state index contributed by atoms with van der Waals surface area (Å²) < 4.78 is 18.5. The van der Waals surface area contributed by atoms with E-state index in [0.29, 0.717) is 27.8 Å². The van der Waals surface area contributed by atoms with Crippen molar-refractivity contribution in [1.29, 1.82) is 0 Å². The van der Waals surface area contributed by atoms with Crippen molar-refractivity contribution in [3.05, 3.63) is 83.1 Å². The van der Waals surface area contributed by atoms with Crippen molar-refractivity contribution >= 4 is 18.4 Å². The summed E-state index contributed by atoms with van der Waals surface area (Å²) in [6, 6.07) is 22.7. The number of benzene rings is 3. The van der Waals surface area contributed by atoms with E-state index in [9.17, 15) is 0 Å².